The molecule has 0 atom stereocenters. The zero-order valence-corrected chi connectivity index (χ0v) is 20.8. The van der Waals surface area contributed by atoms with Crippen molar-refractivity contribution < 1.29 is 27.4 Å². The summed E-state index contributed by atoms with van der Waals surface area (Å²) < 4.78 is 54.1. The molecule has 2 N–H and O–H groups in total. The number of methoxy groups -OCH3 is 3. The summed E-state index contributed by atoms with van der Waals surface area (Å²) in [5.41, 5.74) is -0.0340. The van der Waals surface area contributed by atoms with Crippen molar-refractivity contribution in [3.63, 3.8) is 0 Å². The van der Waals surface area contributed by atoms with Gasteiger partial charge in [0.05, 0.1) is 27.9 Å². The van der Waals surface area contributed by atoms with Crippen molar-refractivity contribution in [1.82, 2.24) is 15.6 Å². The lowest BCUT2D eigenvalue weighted by molar-refractivity contribution is -0.140. The van der Waals surface area contributed by atoms with Crippen LogP contribution in [-0.2, 0) is 19.1 Å². The van der Waals surface area contributed by atoms with Crippen LogP contribution in [0.5, 0.6) is 17.2 Å². The molecule has 0 radical (unpaired) electrons. The number of aliphatic imine (C=N–C) groups is 1. The third-order valence-corrected chi connectivity index (χ3v) is 4.88. The highest BCUT2D eigenvalue weighted by Gasteiger charge is 2.33. The Labute approximate surface area is 200 Å². The maximum atomic E-state index is 12.7. The molecule has 0 saturated carbocycles. The monoisotopic (exact) mass is 574 g/mol. The fraction of sp³-hybridized carbons (Fsp3) is 0.474. The largest absolute Gasteiger partial charge is 0.496 e. The number of hydrogen-bond acceptors (Lipinski definition) is 6. The highest BCUT2D eigenvalue weighted by atomic mass is 127. The first-order chi connectivity index (χ1) is 14.3. The SMILES string of the molecule is CCNC(=NCc1nc(C(F)(F)F)cs1)NCCc1c(OC)cc(OC)cc1OC.I. The Kier molecular flexibility index (Phi) is 11.2. The summed E-state index contributed by atoms with van der Waals surface area (Å²) in [5.74, 6) is 2.37. The quantitative estimate of drug-likeness (QED) is 0.267. The fourth-order valence-electron chi connectivity index (χ4n) is 2.63. The zero-order chi connectivity index (χ0) is 22.1. The van der Waals surface area contributed by atoms with E-state index < -0.39 is 11.9 Å². The van der Waals surface area contributed by atoms with Crippen LogP contribution >= 0.6 is 35.3 Å². The molecule has 12 heteroatoms. The highest BCUT2D eigenvalue weighted by molar-refractivity contribution is 14.0. The second-order valence-electron chi connectivity index (χ2n) is 6.01. The molecule has 0 amide bonds. The number of guanidine groups is 1. The van der Waals surface area contributed by atoms with Gasteiger partial charge in [-0.1, -0.05) is 0 Å². The van der Waals surface area contributed by atoms with E-state index in [0.717, 1.165) is 22.3 Å². The summed E-state index contributed by atoms with van der Waals surface area (Å²) in [5, 5.41) is 7.50. The molecule has 1 heterocycles. The molecule has 0 aliphatic heterocycles. The number of ether oxygens (including phenoxy) is 3. The van der Waals surface area contributed by atoms with Crippen molar-refractivity contribution in [3.8, 4) is 17.2 Å². The van der Waals surface area contributed by atoms with Crippen molar-refractivity contribution in [1.29, 1.82) is 0 Å². The van der Waals surface area contributed by atoms with Gasteiger partial charge < -0.3 is 24.8 Å². The van der Waals surface area contributed by atoms with Crippen LogP contribution in [-0.4, -0.2) is 45.4 Å². The number of hydrogen-bond donors (Lipinski definition) is 2. The first-order valence-corrected chi connectivity index (χ1v) is 10.0. The number of alkyl halides is 3. The van der Waals surface area contributed by atoms with Gasteiger partial charge in [0, 0.05) is 36.2 Å². The van der Waals surface area contributed by atoms with E-state index in [1.54, 1.807) is 33.5 Å². The van der Waals surface area contributed by atoms with Gasteiger partial charge in [0.1, 0.15) is 22.3 Å². The van der Waals surface area contributed by atoms with E-state index >= 15 is 0 Å². The average molecular weight is 574 g/mol. The summed E-state index contributed by atoms with van der Waals surface area (Å²) in [6.45, 7) is 3.05. The minimum absolute atomic E-state index is 0. The number of halogens is 4. The molecule has 31 heavy (non-hydrogen) atoms. The van der Waals surface area contributed by atoms with Crippen molar-refractivity contribution >= 4 is 41.3 Å². The van der Waals surface area contributed by atoms with E-state index in [-0.39, 0.29) is 35.5 Å². The Bertz CT molecular complexity index is 837. The van der Waals surface area contributed by atoms with Crippen LogP contribution in [0.4, 0.5) is 13.2 Å². The summed E-state index contributed by atoms with van der Waals surface area (Å²) in [7, 11) is 4.70. The lowest BCUT2D eigenvalue weighted by Gasteiger charge is -2.16. The number of nitrogens with one attached hydrogen (secondary N) is 2. The van der Waals surface area contributed by atoms with Gasteiger partial charge in [-0.3, -0.25) is 0 Å². The van der Waals surface area contributed by atoms with Crippen LogP contribution in [0.25, 0.3) is 0 Å². The van der Waals surface area contributed by atoms with E-state index in [2.05, 4.69) is 20.6 Å². The first-order valence-electron chi connectivity index (χ1n) is 9.15. The third-order valence-electron chi connectivity index (χ3n) is 4.04. The molecule has 2 aromatic rings. The molecule has 1 aromatic carbocycles. The van der Waals surface area contributed by atoms with E-state index in [1.165, 1.54) is 0 Å². The average Bonchev–Trinajstić information content (AvgIpc) is 3.21. The van der Waals surface area contributed by atoms with Crippen LogP contribution in [0.15, 0.2) is 22.5 Å². The fourth-order valence-corrected chi connectivity index (χ4v) is 3.36. The summed E-state index contributed by atoms with van der Waals surface area (Å²) >= 11 is 0.932. The molecule has 0 unspecified atom stereocenters. The molecule has 0 aliphatic rings. The molecular weight excluding hydrogens is 548 g/mol. The number of benzene rings is 1. The minimum atomic E-state index is -4.45. The Morgan fingerprint density at radius 3 is 2.23 bits per heavy atom. The summed E-state index contributed by atoms with van der Waals surface area (Å²) in [4.78, 5) is 7.90. The molecule has 2 rings (SSSR count). The topological polar surface area (TPSA) is 77.0 Å². The lowest BCUT2D eigenvalue weighted by Crippen LogP contribution is -2.38. The third kappa shape index (κ3) is 7.91. The Morgan fingerprint density at radius 1 is 1.10 bits per heavy atom. The molecule has 0 aliphatic carbocycles. The highest BCUT2D eigenvalue weighted by Crippen LogP contribution is 2.34. The predicted octanol–water partition coefficient (Wildman–Crippen LogP) is 4.10. The van der Waals surface area contributed by atoms with Crippen molar-refractivity contribution in [2.24, 2.45) is 4.99 Å². The molecular formula is C19H26F3IN4O3S. The molecule has 1 aromatic heterocycles. The number of rotatable bonds is 9. The van der Waals surface area contributed by atoms with Gasteiger partial charge in [0.2, 0.25) is 0 Å². The van der Waals surface area contributed by atoms with Crippen LogP contribution in [0.2, 0.25) is 0 Å². The second kappa shape index (κ2) is 12.8. The van der Waals surface area contributed by atoms with Gasteiger partial charge in [0.25, 0.3) is 0 Å². The Hall–Kier alpha value is -1.96. The van der Waals surface area contributed by atoms with Gasteiger partial charge in [0.15, 0.2) is 11.7 Å². The maximum Gasteiger partial charge on any atom is 0.434 e. The standard InChI is InChI=1S/C19H25F3N4O3S.HI/c1-5-23-18(25-10-17-26-16(11-30-17)19(20,21)22)24-7-6-13-14(28-3)8-12(27-2)9-15(13)29-4;/h8-9,11H,5-7,10H2,1-4H3,(H2,23,24,25);1H. The van der Waals surface area contributed by atoms with Gasteiger partial charge in [-0.25, -0.2) is 9.98 Å². The van der Waals surface area contributed by atoms with Gasteiger partial charge in [-0.2, -0.15) is 13.2 Å². The lowest BCUT2D eigenvalue weighted by atomic mass is 10.1. The Morgan fingerprint density at radius 2 is 1.74 bits per heavy atom. The maximum absolute atomic E-state index is 12.7. The van der Waals surface area contributed by atoms with Gasteiger partial charge in [-0.05, 0) is 13.3 Å². The molecule has 0 spiro atoms. The number of aromatic nitrogens is 1. The normalized spacial score (nSPS) is 11.5. The first kappa shape index (κ1) is 27.1. The molecule has 7 nitrogen and oxygen atoms in total. The van der Waals surface area contributed by atoms with Crippen LogP contribution < -0.4 is 24.8 Å². The Balaban J connectivity index is 0.00000480. The second-order valence-corrected chi connectivity index (χ2v) is 6.95. The minimum Gasteiger partial charge on any atom is -0.496 e. The number of nitrogens with zero attached hydrogens (tertiary/aromatic N) is 2. The number of thiazole rings is 1. The molecule has 174 valence electrons. The van der Waals surface area contributed by atoms with E-state index in [9.17, 15) is 13.2 Å². The van der Waals surface area contributed by atoms with E-state index in [1.807, 2.05) is 6.92 Å². The molecule has 0 saturated heterocycles. The van der Waals surface area contributed by atoms with E-state index in [0.29, 0.717) is 42.7 Å². The summed E-state index contributed by atoms with van der Waals surface area (Å²) in [6.07, 6.45) is -3.88. The van der Waals surface area contributed by atoms with Crippen LogP contribution in [0, 0.1) is 0 Å². The van der Waals surface area contributed by atoms with Crippen LogP contribution in [0.1, 0.15) is 23.2 Å². The molecule has 0 bridgehead atoms. The van der Waals surface area contributed by atoms with Crippen molar-refractivity contribution in [2.45, 2.75) is 26.1 Å². The predicted molar refractivity (Wildman–Crippen MR) is 125 cm³/mol. The summed E-state index contributed by atoms with van der Waals surface area (Å²) in [6, 6.07) is 3.55. The molecule has 0 fully saturated rings. The van der Waals surface area contributed by atoms with Crippen molar-refractivity contribution in [2.75, 3.05) is 34.4 Å². The smallest absolute Gasteiger partial charge is 0.434 e. The van der Waals surface area contributed by atoms with Crippen molar-refractivity contribution in [3.05, 3.63) is 33.8 Å². The van der Waals surface area contributed by atoms with Gasteiger partial charge in [-0.15, -0.1) is 35.3 Å². The zero-order valence-electron chi connectivity index (χ0n) is 17.6. The van der Waals surface area contributed by atoms with Crippen LogP contribution in [0.3, 0.4) is 0 Å². The van der Waals surface area contributed by atoms with Gasteiger partial charge >= 0.3 is 6.18 Å². The van der Waals surface area contributed by atoms with E-state index in [4.69, 9.17) is 14.2 Å².